The van der Waals surface area contributed by atoms with Gasteiger partial charge in [-0.2, -0.15) is 18.3 Å². The molecular weight excluding hydrogens is 419 g/mol. The molecule has 2 heterocycles. The highest BCUT2D eigenvalue weighted by molar-refractivity contribution is 5.77. The van der Waals surface area contributed by atoms with Gasteiger partial charge >= 0.3 is 12.1 Å². The maximum atomic E-state index is 13.6. The van der Waals surface area contributed by atoms with E-state index in [1.54, 1.807) is 13.0 Å². The van der Waals surface area contributed by atoms with Crippen LogP contribution in [0.25, 0.3) is 0 Å². The quantitative estimate of drug-likeness (QED) is 0.561. The van der Waals surface area contributed by atoms with Crippen molar-refractivity contribution >= 4 is 5.97 Å². The maximum Gasteiger partial charge on any atom is 0.416 e. The minimum atomic E-state index is -4.46. The standard InChI is InChI=1S/C24H32F3N3O2/c1-5-30-18(4)20(17(3)28-30)16-29-13-11-23(12-14-29,22(31)32-6-2)15-19-9-7-8-10-21(19)24(25,26)27/h7-10H,5-6,11-16H2,1-4H3. The van der Waals surface area contributed by atoms with Gasteiger partial charge in [0.15, 0.2) is 0 Å². The van der Waals surface area contributed by atoms with Crippen LogP contribution in [-0.4, -0.2) is 40.3 Å². The van der Waals surface area contributed by atoms with Crippen LogP contribution in [-0.2, 0) is 35.2 Å². The normalized spacial score (nSPS) is 16.8. The number of ether oxygens (including phenoxy) is 1. The van der Waals surface area contributed by atoms with Crippen molar-refractivity contribution in [3.63, 3.8) is 0 Å². The largest absolute Gasteiger partial charge is 0.466 e. The molecule has 0 amide bonds. The molecule has 5 nitrogen and oxygen atoms in total. The monoisotopic (exact) mass is 451 g/mol. The summed E-state index contributed by atoms with van der Waals surface area (Å²) in [6.45, 7) is 10.8. The van der Waals surface area contributed by atoms with Crippen LogP contribution in [0.3, 0.4) is 0 Å². The van der Waals surface area contributed by atoms with Gasteiger partial charge in [0.2, 0.25) is 0 Å². The number of likely N-dealkylation sites (tertiary alicyclic amines) is 1. The molecule has 2 aromatic rings. The van der Waals surface area contributed by atoms with E-state index in [9.17, 15) is 18.0 Å². The lowest BCUT2D eigenvalue weighted by Gasteiger charge is -2.40. The number of benzene rings is 1. The summed E-state index contributed by atoms with van der Waals surface area (Å²) in [4.78, 5) is 15.2. The lowest BCUT2D eigenvalue weighted by atomic mass is 9.73. The van der Waals surface area contributed by atoms with Crippen molar-refractivity contribution in [3.05, 3.63) is 52.3 Å². The van der Waals surface area contributed by atoms with Gasteiger partial charge < -0.3 is 4.74 Å². The van der Waals surface area contributed by atoms with Gasteiger partial charge in [-0.15, -0.1) is 0 Å². The molecule has 0 bridgehead atoms. The van der Waals surface area contributed by atoms with Crippen LogP contribution >= 0.6 is 0 Å². The molecule has 0 unspecified atom stereocenters. The number of aryl methyl sites for hydroxylation is 2. The highest BCUT2D eigenvalue weighted by Gasteiger charge is 2.45. The Labute approximate surface area is 187 Å². The van der Waals surface area contributed by atoms with E-state index in [1.165, 1.54) is 17.7 Å². The molecule has 32 heavy (non-hydrogen) atoms. The number of carbonyl (C=O) groups excluding carboxylic acids is 1. The summed E-state index contributed by atoms with van der Waals surface area (Å²) in [7, 11) is 0. The van der Waals surface area contributed by atoms with Crippen molar-refractivity contribution in [2.24, 2.45) is 5.41 Å². The van der Waals surface area contributed by atoms with Gasteiger partial charge in [-0.1, -0.05) is 18.2 Å². The molecule has 3 rings (SSSR count). The van der Waals surface area contributed by atoms with Crippen molar-refractivity contribution in [1.82, 2.24) is 14.7 Å². The zero-order valence-electron chi connectivity index (χ0n) is 19.3. The summed E-state index contributed by atoms with van der Waals surface area (Å²) in [5, 5.41) is 4.57. The fourth-order valence-electron chi connectivity index (χ4n) is 4.69. The highest BCUT2D eigenvalue weighted by Crippen LogP contribution is 2.41. The number of nitrogens with zero attached hydrogens (tertiary/aromatic N) is 3. The first-order valence-corrected chi connectivity index (χ1v) is 11.2. The summed E-state index contributed by atoms with van der Waals surface area (Å²) in [6, 6.07) is 5.53. The Hall–Kier alpha value is -2.35. The Bertz CT molecular complexity index is 944. The summed E-state index contributed by atoms with van der Waals surface area (Å²) in [5.74, 6) is -0.400. The number of halogens is 3. The number of rotatable bonds is 7. The van der Waals surface area contributed by atoms with E-state index in [0.717, 1.165) is 30.5 Å². The van der Waals surface area contributed by atoms with E-state index in [-0.39, 0.29) is 18.6 Å². The average molecular weight is 452 g/mol. The summed E-state index contributed by atoms with van der Waals surface area (Å²) in [6.07, 6.45) is -3.51. The van der Waals surface area contributed by atoms with Crippen LogP contribution in [0.4, 0.5) is 13.2 Å². The van der Waals surface area contributed by atoms with E-state index >= 15 is 0 Å². The molecule has 0 radical (unpaired) electrons. The molecule has 1 aromatic carbocycles. The summed E-state index contributed by atoms with van der Waals surface area (Å²) in [5.41, 5.74) is 1.82. The van der Waals surface area contributed by atoms with Gasteiger partial charge in [0.1, 0.15) is 0 Å². The summed E-state index contributed by atoms with van der Waals surface area (Å²) >= 11 is 0. The van der Waals surface area contributed by atoms with Crippen molar-refractivity contribution in [3.8, 4) is 0 Å². The molecule has 1 aromatic heterocycles. The molecule has 8 heteroatoms. The molecule has 0 saturated carbocycles. The number of piperidine rings is 1. The number of hydrogen-bond acceptors (Lipinski definition) is 4. The Morgan fingerprint density at radius 3 is 2.38 bits per heavy atom. The third-order valence-corrected chi connectivity index (χ3v) is 6.59. The van der Waals surface area contributed by atoms with E-state index in [0.29, 0.717) is 25.9 Å². The van der Waals surface area contributed by atoms with Crippen LogP contribution in [0.15, 0.2) is 24.3 Å². The third kappa shape index (κ3) is 5.00. The average Bonchev–Trinajstić information content (AvgIpc) is 3.02. The molecule has 0 spiro atoms. The Balaban J connectivity index is 1.81. The van der Waals surface area contributed by atoms with Crippen molar-refractivity contribution in [1.29, 1.82) is 0 Å². The SMILES string of the molecule is CCOC(=O)C1(Cc2ccccc2C(F)(F)F)CCN(Cc2c(C)nn(CC)c2C)CC1. The third-order valence-electron chi connectivity index (χ3n) is 6.59. The zero-order chi connectivity index (χ0) is 23.5. The number of esters is 1. The first-order chi connectivity index (χ1) is 15.1. The molecule has 0 aliphatic carbocycles. The van der Waals surface area contributed by atoms with Gasteiger partial charge in [0.05, 0.1) is 23.3 Å². The zero-order valence-corrected chi connectivity index (χ0v) is 19.3. The van der Waals surface area contributed by atoms with Gasteiger partial charge in [0, 0.05) is 24.3 Å². The van der Waals surface area contributed by atoms with Crippen LogP contribution in [0.5, 0.6) is 0 Å². The van der Waals surface area contributed by atoms with Gasteiger partial charge in [-0.3, -0.25) is 14.4 Å². The molecule has 1 fully saturated rings. The van der Waals surface area contributed by atoms with Crippen LogP contribution in [0.2, 0.25) is 0 Å². The van der Waals surface area contributed by atoms with Gasteiger partial charge in [-0.25, -0.2) is 0 Å². The fourth-order valence-corrected chi connectivity index (χ4v) is 4.69. The van der Waals surface area contributed by atoms with E-state index in [2.05, 4.69) is 23.8 Å². The fraction of sp³-hybridized carbons (Fsp3) is 0.583. The topological polar surface area (TPSA) is 47.4 Å². The molecule has 0 N–H and O–H groups in total. The van der Waals surface area contributed by atoms with E-state index in [1.807, 2.05) is 11.6 Å². The Kier molecular flexibility index (Phi) is 7.32. The van der Waals surface area contributed by atoms with Gasteiger partial charge in [-0.05, 0) is 71.7 Å². The predicted molar refractivity (Wildman–Crippen MR) is 116 cm³/mol. The molecule has 1 saturated heterocycles. The predicted octanol–water partition coefficient (Wildman–Crippen LogP) is 4.93. The van der Waals surface area contributed by atoms with E-state index in [4.69, 9.17) is 4.74 Å². The number of carbonyl (C=O) groups is 1. The smallest absolute Gasteiger partial charge is 0.416 e. The second kappa shape index (κ2) is 9.65. The second-order valence-corrected chi connectivity index (χ2v) is 8.57. The lowest BCUT2D eigenvalue weighted by Crippen LogP contribution is -2.46. The minimum Gasteiger partial charge on any atom is -0.466 e. The molecule has 176 valence electrons. The first-order valence-electron chi connectivity index (χ1n) is 11.2. The minimum absolute atomic E-state index is 0.0289. The maximum absolute atomic E-state index is 13.6. The Morgan fingerprint density at radius 2 is 1.81 bits per heavy atom. The van der Waals surface area contributed by atoms with Crippen LogP contribution < -0.4 is 0 Å². The van der Waals surface area contributed by atoms with Crippen molar-refractivity contribution in [2.45, 2.75) is 66.2 Å². The molecule has 1 aliphatic rings. The molecule has 1 aliphatic heterocycles. The van der Waals surface area contributed by atoms with Gasteiger partial charge in [0.25, 0.3) is 0 Å². The number of aromatic nitrogens is 2. The van der Waals surface area contributed by atoms with Crippen LogP contribution in [0, 0.1) is 19.3 Å². The Morgan fingerprint density at radius 1 is 1.16 bits per heavy atom. The first kappa shape index (κ1) is 24.3. The second-order valence-electron chi connectivity index (χ2n) is 8.57. The number of alkyl halides is 3. The van der Waals surface area contributed by atoms with Crippen molar-refractivity contribution in [2.75, 3.05) is 19.7 Å². The van der Waals surface area contributed by atoms with Crippen LogP contribution in [0.1, 0.15) is 54.8 Å². The van der Waals surface area contributed by atoms with Crippen molar-refractivity contribution < 1.29 is 22.7 Å². The van der Waals surface area contributed by atoms with E-state index < -0.39 is 23.1 Å². The number of hydrogen-bond donors (Lipinski definition) is 0. The molecule has 0 atom stereocenters. The lowest BCUT2D eigenvalue weighted by molar-refractivity contribution is -0.159. The summed E-state index contributed by atoms with van der Waals surface area (Å²) < 4.78 is 48.0. The highest BCUT2D eigenvalue weighted by atomic mass is 19.4. The molecular formula is C24H32F3N3O2.